The van der Waals surface area contributed by atoms with E-state index in [0.29, 0.717) is 24.6 Å². The lowest BCUT2D eigenvalue weighted by Crippen LogP contribution is -2.19. The third-order valence-corrected chi connectivity index (χ3v) is 5.03. The molecule has 3 rings (SSSR count). The summed E-state index contributed by atoms with van der Waals surface area (Å²) in [4.78, 5) is 27.8. The number of benzene rings is 1. The predicted octanol–water partition coefficient (Wildman–Crippen LogP) is 3.86. The van der Waals surface area contributed by atoms with Crippen molar-refractivity contribution >= 4 is 23.1 Å². The van der Waals surface area contributed by atoms with E-state index in [1.54, 1.807) is 40.3 Å². The van der Waals surface area contributed by atoms with Crippen molar-refractivity contribution in [1.29, 1.82) is 0 Å². The number of rotatable bonds is 7. The van der Waals surface area contributed by atoms with Gasteiger partial charge in [-0.25, -0.2) is 4.79 Å². The van der Waals surface area contributed by atoms with Gasteiger partial charge in [0.15, 0.2) is 0 Å². The average molecular weight is 366 g/mol. The van der Waals surface area contributed by atoms with E-state index in [4.69, 9.17) is 4.74 Å². The molecule has 3 aromatic rings. The monoisotopic (exact) mass is 366 g/mol. The Kier molecular flexibility index (Phi) is 5.79. The van der Waals surface area contributed by atoms with Crippen LogP contribution in [0.4, 0.5) is 5.69 Å². The second-order valence-corrected chi connectivity index (χ2v) is 6.80. The summed E-state index contributed by atoms with van der Waals surface area (Å²) in [5.41, 5.74) is 2.22. The third-order valence-electron chi connectivity index (χ3n) is 4.09. The normalized spacial score (nSPS) is 10.3. The van der Waals surface area contributed by atoms with Gasteiger partial charge in [0.2, 0.25) is 6.08 Å². The number of thiophene rings is 1. The summed E-state index contributed by atoms with van der Waals surface area (Å²) in [5, 5.41) is 2.04. The highest BCUT2D eigenvalue weighted by molar-refractivity contribution is 7.09. The summed E-state index contributed by atoms with van der Waals surface area (Å²) in [6, 6.07) is 12.8. The average Bonchev–Trinajstić information content (AvgIpc) is 3.14. The van der Waals surface area contributed by atoms with Gasteiger partial charge in [-0.05, 0) is 41.6 Å². The molecule has 0 saturated carbocycles. The van der Waals surface area contributed by atoms with Crippen LogP contribution < -0.4 is 10.3 Å². The van der Waals surface area contributed by atoms with Crippen LogP contribution in [-0.4, -0.2) is 17.3 Å². The van der Waals surface area contributed by atoms with Crippen molar-refractivity contribution in [3.05, 3.63) is 80.4 Å². The molecule has 0 N–H and O–H groups in total. The molecule has 2 heterocycles. The highest BCUT2D eigenvalue weighted by Crippen LogP contribution is 2.22. The minimum absolute atomic E-state index is 0.137. The van der Waals surface area contributed by atoms with E-state index >= 15 is 0 Å². The standard InChI is InChI=1S/C20H18N2O3S/c1-15-16(4-2-6-19(15)21-14-23)13-22-9-7-17(12-20(22)24)25-10-8-18-5-3-11-26-18/h2-7,9,11-12H,8,10,13H2,1H3. The summed E-state index contributed by atoms with van der Waals surface area (Å²) >= 11 is 1.69. The number of nitrogens with zero attached hydrogens (tertiary/aromatic N) is 2. The van der Waals surface area contributed by atoms with Crippen LogP contribution >= 0.6 is 11.3 Å². The third kappa shape index (κ3) is 4.36. The Balaban J connectivity index is 1.69. The lowest BCUT2D eigenvalue weighted by molar-refractivity contribution is 0.321. The van der Waals surface area contributed by atoms with E-state index in [1.807, 2.05) is 30.5 Å². The molecule has 2 aromatic heterocycles. The Morgan fingerprint density at radius 3 is 2.85 bits per heavy atom. The van der Waals surface area contributed by atoms with Gasteiger partial charge < -0.3 is 9.30 Å². The fourth-order valence-corrected chi connectivity index (χ4v) is 3.32. The molecule has 1 aromatic carbocycles. The molecule has 0 amide bonds. The predicted molar refractivity (Wildman–Crippen MR) is 102 cm³/mol. The molecule has 0 atom stereocenters. The maximum Gasteiger partial charge on any atom is 0.254 e. The molecule has 0 aliphatic heterocycles. The summed E-state index contributed by atoms with van der Waals surface area (Å²) in [6.07, 6.45) is 4.10. The number of aliphatic imine (C=N–C) groups is 1. The first kappa shape index (κ1) is 17.9. The Morgan fingerprint density at radius 1 is 1.23 bits per heavy atom. The van der Waals surface area contributed by atoms with E-state index in [0.717, 1.165) is 17.5 Å². The van der Waals surface area contributed by atoms with Crippen LogP contribution in [0.1, 0.15) is 16.0 Å². The molecule has 132 valence electrons. The molecule has 0 bridgehead atoms. The second-order valence-electron chi connectivity index (χ2n) is 5.77. The van der Waals surface area contributed by atoms with Gasteiger partial charge in [-0.3, -0.25) is 4.79 Å². The Morgan fingerprint density at radius 2 is 2.12 bits per heavy atom. The van der Waals surface area contributed by atoms with Crippen LogP contribution in [0.15, 0.2) is 63.8 Å². The van der Waals surface area contributed by atoms with Crippen molar-refractivity contribution in [1.82, 2.24) is 4.57 Å². The van der Waals surface area contributed by atoms with Crippen LogP contribution in [-0.2, 0) is 17.8 Å². The van der Waals surface area contributed by atoms with E-state index in [9.17, 15) is 9.59 Å². The van der Waals surface area contributed by atoms with Gasteiger partial charge in [-0.1, -0.05) is 18.2 Å². The van der Waals surface area contributed by atoms with Crippen molar-refractivity contribution in [2.75, 3.05) is 6.61 Å². The van der Waals surface area contributed by atoms with Crippen LogP contribution in [0.5, 0.6) is 5.75 Å². The lowest BCUT2D eigenvalue weighted by atomic mass is 10.1. The molecule has 5 nitrogen and oxygen atoms in total. The number of pyridine rings is 1. The highest BCUT2D eigenvalue weighted by Gasteiger charge is 2.06. The number of carbonyl (C=O) groups excluding carboxylic acids is 1. The van der Waals surface area contributed by atoms with Crippen LogP contribution in [0.2, 0.25) is 0 Å². The lowest BCUT2D eigenvalue weighted by Gasteiger charge is -2.11. The molecule has 6 heteroatoms. The van der Waals surface area contributed by atoms with Gasteiger partial charge >= 0.3 is 0 Å². The van der Waals surface area contributed by atoms with Crippen LogP contribution in [0.25, 0.3) is 0 Å². The Labute approximate surface area is 155 Å². The minimum Gasteiger partial charge on any atom is -0.493 e. The number of ether oxygens (including phenoxy) is 1. The summed E-state index contributed by atoms with van der Waals surface area (Å²) in [7, 11) is 0. The first-order valence-electron chi connectivity index (χ1n) is 8.19. The maximum absolute atomic E-state index is 12.4. The molecular weight excluding hydrogens is 348 g/mol. The zero-order valence-electron chi connectivity index (χ0n) is 14.3. The molecule has 0 unspecified atom stereocenters. The van der Waals surface area contributed by atoms with Crippen molar-refractivity contribution in [2.45, 2.75) is 19.9 Å². The SMILES string of the molecule is Cc1c(Cn2ccc(OCCc3cccs3)cc2=O)cccc1N=C=O. The quantitative estimate of drug-likeness (QED) is 0.471. The van der Waals surface area contributed by atoms with Gasteiger partial charge in [-0.2, -0.15) is 4.99 Å². The minimum atomic E-state index is -0.137. The summed E-state index contributed by atoms with van der Waals surface area (Å²) in [5.74, 6) is 0.568. The molecular formula is C20H18N2O3S. The van der Waals surface area contributed by atoms with Gasteiger partial charge in [0.1, 0.15) is 5.75 Å². The van der Waals surface area contributed by atoms with Gasteiger partial charge in [-0.15, -0.1) is 11.3 Å². The van der Waals surface area contributed by atoms with E-state index < -0.39 is 0 Å². The van der Waals surface area contributed by atoms with Gasteiger partial charge in [0, 0.05) is 23.6 Å². The summed E-state index contributed by atoms with van der Waals surface area (Å²) in [6.45, 7) is 2.82. The fraction of sp³-hybridized carbons (Fsp3) is 0.200. The van der Waals surface area contributed by atoms with E-state index in [2.05, 4.69) is 11.1 Å². The van der Waals surface area contributed by atoms with Crippen LogP contribution in [0, 0.1) is 6.92 Å². The number of aromatic nitrogens is 1. The number of hydrogen-bond acceptors (Lipinski definition) is 5. The molecule has 0 saturated heterocycles. The second kappa shape index (κ2) is 8.43. The molecule has 0 spiro atoms. The molecule has 26 heavy (non-hydrogen) atoms. The fourth-order valence-electron chi connectivity index (χ4n) is 2.63. The largest absolute Gasteiger partial charge is 0.493 e. The Hall–Kier alpha value is -2.95. The van der Waals surface area contributed by atoms with Crippen molar-refractivity contribution in [2.24, 2.45) is 4.99 Å². The molecule has 0 aliphatic carbocycles. The molecule has 0 radical (unpaired) electrons. The van der Waals surface area contributed by atoms with Crippen molar-refractivity contribution in [3.63, 3.8) is 0 Å². The smallest absolute Gasteiger partial charge is 0.254 e. The summed E-state index contributed by atoms with van der Waals surface area (Å²) < 4.78 is 7.28. The molecule has 0 fully saturated rings. The van der Waals surface area contributed by atoms with Gasteiger partial charge in [0.05, 0.1) is 18.8 Å². The number of hydrogen-bond donors (Lipinski definition) is 0. The van der Waals surface area contributed by atoms with Crippen LogP contribution in [0.3, 0.4) is 0 Å². The number of isocyanates is 1. The maximum atomic E-state index is 12.4. The molecule has 0 aliphatic rings. The highest BCUT2D eigenvalue weighted by atomic mass is 32.1. The first-order valence-corrected chi connectivity index (χ1v) is 9.07. The zero-order valence-corrected chi connectivity index (χ0v) is 15.2. The zero-order chi connectivity index (χ0) is 18.4. The van der Waals surface area contributed by atoms with E-state index in [-0.39, 0.29) is 5.56 Å². The van der Waals surface area contributed by atoms with Crippen molar-refractivity contribution < 1.29 is 9.53 Å². The first-order chi connectivity index (χ1) is 12.7. The van der Waals surface area contributed by atoms with E-state index in [1.165, 1.54) is 10.9 Å². The van der Waals surface area contributed by atoms with Gasteiger partial charge in [0.25, 0.3) is 5.56 Å². The van der Waals surface area contributed by atoms with Crippen molar-refractivity contribution in [3.8, 4) is 5.75 Å². The Bertz CT molecular complexity index is 987. The topological polar surface area (TPSA) is 60.7 Å².